The molecule has 3 nitrogen and oxygen atoms in total. The van der Waals surface area contributed by atoms with Crippen molar-refractivity contribution in [2.75, 3.05) is 6.61 Å². The molecule has 1 aromatic rings. The number of hydrogen-bond donors (Lipinski definition) is 0. The van der Waals surface area contributed by atoms with Crippen LogP contribution in [0.25, 0.3) is 0 Å². The Morgan fingerprint density at radius 3 is 2.39 bits per heavy atom. The fourth-order valence-electron chi connectivity index (χ4n) is 1.22. The Morgan fingerprint density at radius 2 is 1.94 bits per heavy atom. The van der Waals surface area contributed by atoms with E-state index in [-0.39, 0.29) is 6.73 Å². The maximum Gasteiger partial charge on any atom is 0.515 e. The lowest BCUT2D eigenvalue weighted by molar-refractivity contribution is 0.0700. The van der Waals surface area contributed by atoms with Crippen LogP contribution in [-0.2, 0) is 11.5 Å². The lowest BCUT2D eigenvalue weighted by Gasteiger charge is -2.15. The van der Waals surface area contributed by atoms with Gasteiger partial charge < -0.3 is 17.7 Å². The Kier molecular flexibility index (Phi) is 4.60. The van der Waals surface area contributed by atoms with E-state index in [1.165, 1.54) is 0 Å². The van der Waals surface area contributed by atoms with Crippen molar-refractivity contribution in [3.8, 4) is 0 Å². The maximum absolute atomic E-state index is 13.3. The summed E-state index contributed by atoms with van der Waals surface area (Å²) in [4.78, 5) is 0. The van der Waals surface area contributed by atoms with Crippen LogP contribution in [-0.4, -0.2) is 31.4 Å². The van der Waals surface area contributed by atoms with Crippen molar-refractivity contribution in [3.05, 3.63) is 12.1 Å². The molecule has 0 spiro atoms. The largest absolute Gasteiger partial charge is 0.515 e. The number of halogens is 4. The standard InChI is InChI=1S/C9H16BF4N2OSi/c1-18(2,3)5-4-17-7-16-9(11)8(6-15-16)10(12,13)14/h6H,4-5,7H2,1-3H3/q-1. The molecule has 0 aliphatic rings. The normalized spacial score (nSPS) is 13.1. The van der Waals surface area contributed by atoms with Gasteiger partial charge in [0.15, 0.2) is 5.95 Å². The van der Waals surface area contributed by atoms with Crippen LogP contribution in [0.4, 0.5) is 17.3 Å². The highest BCUT2D eigenvalue weighted by Gasteiger charge is 2.31. The monoisotopic (exact) mass is 283 g/mol. The second-order valence-electron chi connectivity index (χ2n) is 5.31. The topological polar surface area (TPSA) is 27.1 Å². The molecule has 1 aromatic heterocycles. The summed E-state index contributed by atoms with van der Waals surface area (Å²) in [6.45, 7) is 1.20. The minimum Gasteiger partial charge on any atom is -0.445 e. The molecule has 0 aliphatic carbocycles. The molecular weight excluding hydrogens is 267 g/mol. The smallest absolute Gasteiger partial charge is 0.445 e. The Balaban J connectivity index is 2.52. The van der Waals surface area contributed by atoms with Crippen LogP contribution in [0.1, 0.15) is 0 Å². The van der Waals surface area contributed by atoms with Gasteiger partial charge in [0, 0.05) is 20.9 Å². The van der Waals surface area contributed by atoms with E-state index in [2.05, 4.69) is 24.7 Å². The molecular formula is C9H16BF4N2OSi-. The van der Waals surface area contributed by atoms with E-state index < -0.39 is 26.5 Å². The molecule has 9 heteroatoms. The van der Waals surface area contributed by atoms with Crippen LogP contribution in [0.3, 0.4) is 0 Å². The molecule has 0 saturated heterocycles. The number of rotatable bonds is 6. The van der Waals surface area contributed by atoms with Crippen LogP contribution in [0.2, 0.25) is 25.7 Å². The third-order valence-corrected chi connectivity index (χ3v) is 4.07. The zero-order chi connectivity index (χ0) is 14.0. The van der Waals surface area contributed by atoms with Gasteiger partial charge in [-0.3, -0.25) is 0 Å². The molecule has 1 heterocycles. The molecule has 1 rings (SSSR count). The second kappa shape index (κ2) is 5.43. The van der Waals surface area contributed by atoms with Gasteiger partial charge in [0.2, 0.25) is 0 Å². The summed E-state index contributed by atoms with van der Waals surface area (Å²) >= 11 is 0. The van der Waals surface area contributed by atoms with Gasteiger partial charge in [0.1, 0.15) is 6.73 Å². The lowest BCUT2D eigenvalue weighted by Crippen LogP contribution is -2.36. The number of hydrogen-bond acceptors (Lipinski definition) is 2. The molecule has 0 unspecified atom stereocenters. The molecule has 0 amide bonds. The fourth-order valence-corrected chi connectivity index (χ4v) is 1.98. The first kappa shape index (κ1) is 15.2. The molecule has 104 valence electrons. The van der Waals surface area contributed by atoms with Crippen LogP contribution >= 0.6 is 0 Å². The molecule has 18 heavy (non-hydrogen) atoms. The first-order valence-corrected chi connectivity index (χ1v) is 9.31. The summed E-state index contributed by atoms with van der Waals surface area (Å²) in [7, 11) is -1.26. The number of aromatic nitrogens is 2. The van der Waals surface area contributed by atoms with Crippen molar-refractivity contribution in [2.45, 2.75) is 32.4 Å². The van der Waals surface area contributed by atoms with Crippen molar-refractivity contribution in [1.29, 1.82) is 0 Å². The zero-order valence-electron chi connectivity index (χ0n) is 10.6. The van der Waals surface area contributed by atoms with Crippen molar-refractivity contribution >= 4 is 20.5 Å². The van der Waals surface area contributed by atoms with E-state index in [1.807, 2.05) is 0 Å². The van der Waals surface area contributed by atoms with E-state index in [0.29, 0.717) is 17.5 Å². The molecule has 0 N–H and O–H groups in total. The van der Waals surface area contributed by atoms with Gasteiger partial charge in [-0.05, 0) is 11.5 Å². The van der Waals surface area contributed by atoms with Crippen molar-refractivity contribution in [1.82, 2.24) is 9.78 Å². The molecule has 0 saturated carbocycles. The highest BCUT2D eigenvalue weighted by atomic mass is 28.3. The van der Waals surface area contributed by atoms with Gasteiger partial charge in [-0.15, -0.1) is 0 Å². The third-order valence-electron chi connectivity index (χ3n) is 2.36. The van der Waals surface area contributed by atoms with Gasteiger partial charge in [0.25, 0.3) is 0 Å². The minimum atomic E-state index is -5.36. The fraction of sp³-hybridized carbons (Fsp3) is 0.667. The number of ether oxygens (including phenoxy) is 1. The van der Waals surface area contributed by atoms with Gasteiger partial charge in [0.05, 0.1) is 0 Å². The van der Waals surface area contributed by atoms with Crippen molar-refractivity contribution < 1.29 is 22.1 Å². The van der Waals surface area contributed by atoms with Crippen LogP contribution in [0.15, 0.2) is 6.20 Å². The third kappa shape index (κ3) is 4.45. The maximum atomic E-state index is 13.3. The van der Waals surface area contributed by atoms with Crippen molar-refractivity contribution in [2.24, 2.45) is 0 Å². The summed E-state index contributed by atoms with van der Waals surface area (Å²) in [5.74, 6) is -1.38. The average molecular weight is 283 g/mol. The molecule has 0 aromatic carbocycles. The van der Waals surface area contributed by atoms with Crippen LogP contribution in [0.5, 0.6) is 0 Å². The Labute approximate surface area is 104 Å². The van der Waals surface area contributed by atoms with E-state index in [9.17, 15) is 17.3 Å². The van der Waals surface area contributed by atoms with E-state index in [0.717, 1.165) is 6.04 Å². The van der Waals surface area contributed by atoms with Crippen LogP contribution < -0.4 is 5.46 Å². The quantitative estimate of drug-likeness (QED) is 0.455. The predicted molar refractivity (Wildman–Crippen MR) is 65.0 cm³/mol. The Morgan fingerprint density at radius 1 is 1.33 bits per heavy atom. The summed E-state index contributed by atoms with van der Waals surface area (Å²) in [6.07, 6.45) is 0.497. The van der Waals surface area contributed by atoms with Gasteiger partial charge in [-0.1, -0.05) is 19.6 Å². The Hall–Kier alpha value is -0.828. The summed E-state index contributed by atoms with van der Waals surface area (Å²) in [6, 6.07) is 0.867. The molecule has 0 aliphatic heterocycles. The SMILES string of the molecule is C[Si](C)(C)CCOCn1ncc([B-](F)(F)F)c1F. The first-order valence-electron chi connectivity index (χ1n) is 5.60. The highest BCUT2D eigenvalue weighted by Crippen LogP contribution is 2.11. The van der Waals surface area contributed by atoms with Gasteiger partial charge in [-0.2, -0.15) is 9.49 Å². The van der Waals surface area contributed by atoms with Crippen molar-refractivity contribution in [3.63, 3.8) is 0 Å². The van der Waals surface area contributed by atoms with E-state index in [4.69, 9.17) is 4.74 Å². The lowest BCUT2D eigenvalue weighted by atomic mass is 9.83. The second-order valence-corrected chi connectivity index (χ2v) is 10.9. The summed E-state index contributed by atoms with van der Waals surface area (Å²) in [5.41, 5.74) is -1.30. The van der Waals surface area contributed by atoms with Gasteiger partial charge in [-0.25, -0.2) is 4.68 Å². The molecule has 0 atom stereocenters. The minimum absolute atomic E-state index is 0.289. The van der Waals surface area contributed by atoms with E-state index in [1.54, 1.807) is 0 Å². The summed E-state index contributed by atoms with van der Waals surface area (Å²) in [5, 5.41) is 3.34. The summed E-state index contributed by atoms with van der Waals surface area (Å²) < 4.78 is 56.1. The van der Waals surface area contributed by atoms with Gasteiger partial charge >= 0.3 is 6.98 Å². The number of nitrogens with zero attached hydrogens (tertiary/aromatic N) is 2. The first-order chi connectivity index (χ1) is 8.11. The predicted octanol–water partition coefficient (Wildman–Crippen LogP) is 2.39. The average Bonchev–Trinajstić information content (AvgIpc) is 2.53. The molecule has 0 radical (unpaired) electrons. The molecule has 0 fully saturated rings. The van der Waals surface area contributed by atoms with Crippen LogP contribution in [0, 0.1) is 5.95 Å². The highest BCUT2D eigenvalue weighted by molar-refractivity contribution is 6.76. The van der Waals surface area contributed by atoms with E-state index >= 15 is 0 Å². The Bertz CT molecular complexity index is 402. The molecule has 0 bridgehead atoms. The zero-order valence-corrected chi connectivity index (χ0v) is 11.6.